The lowest BCUT2D eigenvalue weighted by molar-refractivity contribution is -0.145. The molecule has 3 heteroatoms. The van der Waals surface area contributed by atoms with Gasteiger partial charge in [-0.05, 0) is 43.9 Å². The summed E-state index contributed by atoms with van der Waals surface area (Å²) < 4.78 is 1.80. The Morgan fingerprint density at radius 3 is 2.62 bits per heavy atom. The molecule has 0 aliphatic rings. The van der Waals surface area contributed by atoms with Crippen LogP contribution in [0.3, 0.4) is 0 Å². The van der Waals surface area contributed by atoms with Crippen molar-refractivity contribution in [3.05, 3.63) is 36.0 Å². The molecule has 0 saturated heterocycles. The average molecular weight is 217 g/mol. The van der Waals surface area contributed by atoms with E-state index in [1.54, 1.807) is 18.4 Å². The van der Waals surface area contributed by atoms with Crippen LogP contribution in [0.15, 0.2) is 30.5 Å². The first-order valence-corrected chi connectivity index (χ1v) is 5.24. The molecule has 0 spiro atoms. The molecule has 3 nitrogen and oxygen atoms in total. The molecule has 16 heavy (non-hydrogen) atoms. The van der Waals surface area contributed by atoms with Gasteiger partial charge in [-0.2, -0.15) is 0 Å². The summed E-state index contributed by atoms with van der Waals surface area (Å²) in [5.41, 5.74) is 1.18. The Bertz CT molecular complexity index is 552. The molecule has 1 heterocycles. The minimum Gasteiger partial charge on any atom is -0.480 e. The molecule has 0 fully saturated rings. The fourth-order valence-corrected chi connectivity index (χ4v) is 1.83. The van der Waals surface area contributed by atoms with E-state index >= 15 is 0 Å². The minimum absolute atomic E-state index is 0.827. The van der Waals surface area contributed by atoms with Crippen LogP contribution in [-0.2, 0) is 10.3 Å². The number of hydrogen-bond donors (Lipinski definition) is 1. The van der Waals surface area contributed by atoms with E-state index in [0.29, 0.717) is 0 Å². The average Bonchev–Trinajstić information content (AvgIpc) is 2.60. The highest BCUT2D eigenvalue weighted by atomic mass is 16.4. The van der Waals surface area contributed by atoms with Crippen LogP contribution in [0.25, 0.3) is 10.9 Å². The molecule has 1 aromatic carbocycles. The first-order valence-electron chi connectivity index (χ1n) is 5.24. The van der Waals surface area contributed by atoms with Crippen molar-refractivity contribution in [1.29, 1.82) is 0 Å². The highest BCUT2D eigenvalue weighted by Crippen LogP contribution is 2.25. The molecular formula is C13H15NO2. The number of rotatable bonds is 2. The van der Waals surface area contributed by atoms with E-state index < -0.39 is 11.5 Å². The number of aliphatic carboxylic acids is 1. The van der Waals surface area contributed by atoms with Crippen molar-refractivity contribution < 1.29 is 9.90 Å². The highest BCUT2D eigenvalue weighted by molar-refractivity contribution is 5.85. The van der Waals surface area contributed by atoms with Crippen LogP contribution in [0.2, 0.25) is 0 Å². The number of aryl methyl sites for hydroxylation is 1. The van der Waals surface area contributed by atoms with Crippen molar-refractivity contribution in [3.8, 4) is 0 Å². The quantitative estimate of drug-likeness (QED) is 0.840. The van der Waals surface area contributed by atoms with Gasteiger partial charge in [0.1, 0.15) is 5.54 Å². The summed E-state index contributed by atoms with van der Waals surface area (Å²) >= 11 is 0. The molecule has 1 aromatic heterocycles. The third-order valence-electron chi connectivity index (χ3n) is 2.97. The first-order chi connectivity index (χ1) is 7.43. The van der Waals surface area contributed by atoms with Crippen LogP contribution in [0, 0.1) is 6.92 Å². The van der Waals surface area contributed by atoms with Gasteiger partial charge in [-0.1, -0.05) is 12.1 Å². The van der Waals surface area contributed by atoms with Gasteiger partial charge in [0.15, 0.2) is 0 Å². The van der Waals surface area contributed by atoms with Crippen LogP contribution in [-0.4, -0.2) is 15.6 Å². The first kappa shape index (κ1) is 10.7. The summed E-state index contributed by atoms with van der Waals surface area (Å²) in [5, 5.41) is 10.3. The fourth-order valence-electron chi connectivity index (χ4n) is 1.83. The van der Waals surface area contributed by atoms with Crippen LogP contribution < -0.4 is 0 Å². The van der Waals surface area contributed by atoms with Gasteiger partial charge in [0.05, 0.1) is 0 Å². The summed E-state index contributed by atoms with van der Waals surface area (Å²) in [6.45, 7) is 5.42. The zero-order valence-corrected chi connectivity index (χ0v) is 9.69. The van der Waals surface area contributed by atoms with Gasteiger partial charge in [-0.3, -0.25) is 0 Å². The van der Waals surface area contributed by atoms with E-state index in [0.717, 1.165) is 16.5 Å². The topological polar surface area (TPSA) is 42.2 Å². The van der Waals surface area contributed by atoms with Crippen LogP contribution in [0.5, 0.6) is 0 Å². The third kappa shape index (κ3) is 1.48. The highest BCUT2D eigenvalue weighted by Gasteiger charge is 2.29. The SMILES string of the molecule is Cc1ccc2ccn(C(C)(C)C(=O)O)c2c1. The lowest BCUT2D eigenvalue weighted by Gasteiger charge is -2.23. The van der Waals surface area contributed by atoms with Crippen molar-refractivity contribution in [2.75, 3.05) is 0 Å². The lowest BCUT2D eigenvalue weighted by atomic mass is 10.1. The van der Waals surface area contributed by atoms with E-state index in [-0.39, 0.29) is 0 Å². The zero-order valence-electron chi connectivity index (χ0n) is 9.69. The maximum absolute atomic E-state index is 11.2. The number of carbonyl (C=O) groups is 1. The summed E-state index contributed by atoms with van der Waals surface area (Å²) in [6.07, 6.45) is 1.83. The lowest BCUT2D eigenvalue weighted by Crippen LogP contribution is -2.34. The Hall–Kier alpha value is -1.77. The van der Waals surface area contributed by atoms with Gasteiger partial charge < -0.3 is 9.67 Å². The van der Waals surface area contributed by atoms with Gasteiger partial charge in [-0.25, -0.2) is 4.79 Å². The smallest absolute Gasteiger partial charge is 0.329 e. The van der Waals surface area contributed by atoms with Gasteiger partial charge in [-0.15, -0.1) is 0 Å². The number of hydrogen-bond acceptors (Lipinski definition) is 1. The zero-order chi connectivity index (χ0) is 11.9. The molecule has 1 N–H and O–H groups in total. The number of aromatic nitrogens is 1. The molecular weight excluding hydrogens is 202 g/mol. The summed E-state index contributed by atoms with van der Waals surface area (Å²) in [5.74, 6) is -0.827. The molecule has 0 atom stereocenters. The normalized spacial score (nSPS) is 11.9. The van der Waals surface area contributed by atoms with Crippen LogP contribution >= 0.6 is 0 Å². The van der Waals surface area contributed by atoms with E-state index in [9.17, 15) is 9.90 Å². The molecule has 0 aliphatic heterocycles. The predicted molar refractivity (Wildman–Crippen MR) is 63.6 cm³/mol. The monoisotopic (exact) mass is 217 g/mol. The number of benzene rings is 1. The molecule has 0 aliphatic carbocycles. The van der Waals surface area contributed by atoms with Crippen molar-refractivity contribution in [1.82, 2.24) is 4.57 Å². The molecule has 84 valence electrons. The fraction of sp³-hybridized carbons (Fsp3) is 0.308. The van der Waals surface area contributed by atoms with Gasteiger partial charge >= 0.3 is 5.97 Å². The van der Waals surface area contributed by atoms with Crippen molar-refractivity contribution in [2.24, 2.45) is 0 Å². The van der Waals surface area contributed by atoms with E-state index in [4.69, 9.17) is 0 Å². The van der Waals surface area contributed by atoms with Gasteiger partial charge in [0.25, 0.3) is 0 Å². The van der Waals surface area contributed by atoms with E-state index in [2.05, 4.69) is 0 Å². The Labute approximate surface area is 94.3 Å². The summed E-state index contributed by atoms with van der Waals surface area (Å²) in [4.78, 5) is 11.2. The maximum Gasteiger partial charge on any atom is 0.329 e. The third-order valence-corrected chi connectivity index (χ3v) is 2.97. The van der Waals surface area contributed by atoms with Crippen LogP contribution in [0.4, 0.5) is 0 Å². The second-order valence-corrected chi connectivity index (χ2v) is 4.61. The maximum atomic E-state index is 11.2. The van der Waals surface area contributed by atoms with E-state index in [1.807, 2.05) is 37.4 Å². The van der Waals surface area contributed by atoms with Crippen molar-refractivity contribution in [2.45, 2.75) is 26.3 Å². The minimum atomic E-state index is -0.921. The number of carboxylic acids is 1. The second-order valence-electron chi connectivity index (χ2n) is 4.61. The molecule has 0 amide bonds. The Morgan fingerprint density at radius 1 is 1.31 bits per heavy atom. The molecule has 0 radical (unpaired) electrons. The molecule has 0 unspecified atom stereocenters. The van der Waals surface area contributed by atoms with Gasteiger partial charge in [0.2, 0.25) is 0 Å². The second kappa shape index (κ2) is 3.37. The van der Waals surface area contributed by atoms with E-state index in [1.165, 1.54) is 0 Å². The summed E-state index contributed by atoms with van der Waals surface area (Å²) in [7, 11) is 0. The van der Waals surface area contributed by atoms with Gasteiger partial charge in [0, 0.05) is 11.7 Å². The number of carboxylic acid groups (broad SMARTS) is 1. The van der Waals surface area contributed by atoms with Crippen molar-refractivity contribution in [3.63, 3.8) is 0 Å². The Kier molecular flexibility index (Phi) is 2.26. The molecule has 0 saturated carbocycles. The predicted octanol–water partition coefficient (Wildman–Crippen LogP) is 2.77. The number of nitrogens with zero attached hydrogens (tertiary/aromatic N) is 1. The molecule has 0 bridgehead atoms. The molecule has 2 aromatic rings. The Morgan fingerprint density at radius 2 is 2.00 bits per heavy atom. The van der Waals surface area contributed by atoms with Crippen LogP contribution in [0.1, 0.15) is 19.4 Å². The van der Waals surface area contributed by atoms with Crippen molar-refractivity contribution >= 4 is 16.9 Å². The Balaban J connectivity index is 2.70. The summed E-state index contributed by atoms with van der Waals surface area (Å²) in [6, 6.07) is 8.00. The standard InChI is InChI=1S/C13H15NO2/c1-9-4-5-10-6-7-14(11(10)8-9)13(2,3)12(15)16/h4-8H,1-3H3,(H,15,16). The number of fused-ring (bicyclic) bond motifs is 1. The molecule has 2 rings (SSSR count). The largest absolute Gasteiger partial charge is 0.480 e.